The Morgan fingerprint density at radius 1 is 1.10 bits per heavy atom. The monoisotopic (exact) mass is 410 g/mol. The third-order valence-electron chi connectivity index (χ3n) is 4.56. The van der Waals surface area contributed by atoms with Crippen molar-refractivity contribution in [1.82, 2.24) is 10.6 Å². The molecule has 1 atom stereocenters. The van der Waals surface area contributed by atoms with Crippen molar-refractivity contribution in [2.24, 2.45) is 10.4 Å². The van der Waals surface area contributed by atoms with Crippen LogP contribution in [0.3, 0.4) is 0 Å². The van der Waals surface area contributed by atoms with Gasteiger partial charge in [0, 0.05) is 16.9 Å². The van der Waals surface area contributed by atoms with Gasteiger partial charge in [0.1, 0.15) is 12.0 Å². The Kier molecular flexibility index (Phi) is 7.81. The molecule has 0 heterocycles. The highest BCUT2D eigenvalue weighted by Crippen LogP contribution is 2.19. The van der Waals surface area contributed by atoms with E-state index in [2.05, 4.69) is 15.6 Å². The summed E-state index contributed by atoms with van der Waals surface area (Å²) in [6, 6.07) is 15.2. The van der Waals surface area contributed by atoms with Gasteiger partial charge in [-0.15, -0.1) is 0 Å². The summed E-state index contributed by atoms with van der Waals surface area (Å²) in [6.45, 7) is 8.08. The highest BCUT2D eigenvalue weighted by atomic mass is 35.5. The van der Waals surface area contributed by atoms with E-state index in [9.17, 15) is 4.79 Å². The number of rotatable bonds is 6. The van der Waals surface area contributed by atoms with Crippen LogP contribution in [-0.2, 0) is 17.6 Å². The fourth-order valence-electron chi connectivity index (χ4n) is 2.81. The molecule has 1 unspecified atom stereocenters. The molecule has 5 nitrogen and oxygen atoms in total. The van der Waals surface area contributed by atoms with Crippen molar-refractivity contribution < 1.29 is 4.79 Å². The van der Waals surface area contributed by atoms with Crippen molar-refractivity contribution in [1.29, 1.82) is 5.26 Å². The van der Waals surface area contributed by atoms with Gasteiger partial charge in [0.05, 0.1) is 6.42 Å². The zero-order chi connectivity index (χ0) is 21.4. The Labute approximate surface area is 177 Å². The number of carbonyl (C=O) groups excluding carboxylic acids is 1. The van der Waals surface area contributed by atoms with E-state index in [1.165, 1.54) is 0 Å². The fourth-order valence-corrected chi connectivity index (χ4v) is 2.93. The van der Waals surface area contributed by atoms with Gasteiger partial charge in [0.2, 0.25) is 12.1 Å². The molecule has 2 rings (SSSR count). The molecule has 0 saturated carbocycles. The lowest BCUT2D eigenvalue weighted by Crippen LogP contribution is -2.55. The van der Waals surface area contributed by atoms with Gasteiger partial charge in [-0.2, -0.15) is 10.3 Å². The summed E-state index contributed by atoms with van der Waals surface area (Å²) in [5.74, 6) is 0.403. The first-order chi connectivity index (χ1) is 13.7. The zero-order valence-electron chi connectivity index (χ0n) is 17.3. The second-order valence-electron chi connectivity index (χ2n) is 8.08. The van der Waals surface area contributed by atoms with Crippen molar-refractivity contribution in [3.63, 3.8) is 0 Å². The third kappa shape index (κ3) is 7.24. The Hall–Kier alpha value is -2.84. The maximum atomic E-state index is 12.6. The number of nitrogens with one attached hydrogen (secondary N) is 2. The van der Waals surface area contributed by atoms with Crippen LogP contribution in [0.2, 0.25) is 5.02 Å². The molecule has 0 saturated heterocycles. The molecule has 152 valence electrons. The van der Waals surface area contributed by atoms with E-state index in [1.54, 1.807) is 12.1 Å². The second-order valence-corrected chi connectivity index (χ2v) is 8.51. The molecule has 2 aromatic carbocycles. The van der Waals surface area contributed by atoms with Gasteiger partial charge in [-0.3, -0.25) is 4.79 Å². The summed E-state index contributed by atoms with van der Waals surface area (Å²) >= 11 is 5.91. The van der Waals surface area contributed by atoms with E-state index in [-0.39, 0.29) is 17.7 Å². The Balaban J connectivity index is 2.12. The van der Waals surface area contributed by atoms with Crippen molar-refractivity contribution in [3.05, 3.63) is 70.2 Å². The SMILES string of the molecule is Cc1ccccc1C/C(=N\C#N)NC(NC(=O)Cc1ccc(Cl)cc1)C(C)(C)C. The number of aryl methyl sites for hydroxylation is 1. The van der Waals surface area contributed by atoms with Gasteiger partial charge >= 0.3 is 0 Å². The smallest absolute Gasteiger partial charge is 0.226 e. The number of hydrogen-bond acceptors (Lipinski definition) is 3. The molecule has 0 aromatic heterocycles. The maximum absolute atomic E-state index is 12.6. The quantitative estimate of drug-likeness (QED) is 0.321. The molecule has 0 radical (unpaired) electrons. The summed E-state index contributed by atoms with van der Waals surface area (Å²) < 4.78 is 0. The van der Waals surface area contributed by atoms with Crippen LogP contribution >= 0.6 is 11.6 Å². The molecule has 0 aliphatic carbocycles. The first kappa shape index (κ1) is 22.4. The molecule has 6 heteroatoms. The first-order valence-electron chi connectivity index (χ1n) is 9.49. The molecule has 0 bridgehead atoms. The summed E-state index contributed by atoms with van der Waals surface area (Å²) in [7, 11) is 0. The molecule has 1 amide bonds. The molecule has 2 N–H and O–H groups in total. The summed E-state index contributed by atoms with van der Waals surface area (Å²) in [5.41, 5.74) is 2.79. The Morgan fingerprint density at radius 3 is 2.34 bits per heavy atom. The molecular formula is C23H27ClN4O. The molecule has 0 fully saturated rings. The summed E-state index contributed by atoms with van der Waals surface area (Å²) in [5, 5.41) is 16.1. The lowest BCUT2D eigenvalue weighted by molar-refractivity contribution is -0.122. The van der Waals surface area contributed by atoms with Gasteiger partial charge in [0.15, 0.2) is 0 Å². The van der Waals surface area contributed by atoms with E-state index in [0.717, 1.165) is 16.7 Å². The number of amides is 1. The largest absolute Gasteiger partial charge is 0.352 e. The molecular weight excluding hydrogens is 384 g/mol. The standard InChI is InChI=1S/C23H27ClN4O/c1-16-7-5-6-8-18(16)14-20(26-15-25)27-22(23(2,3)4)28-21(29)13-17-9-11-19(24)12-10-17/h5-12,22H,13-14H2,1-4H3,(H,26,27)(H,28,29). The third-order valence-corrected chi connectivity index (χ3v) is 4.82. The molecule has 29 heavy (non-hydrogen) atoms. The number of benzene rings is 2. The van der Waals surface area contributed by atoms with Crippen LogP contribution in [0.5, 0.6) is 0 Å². The topological polar surface area (TPSA) is 77.3 Å². The van der Waals surface area contributed by atoms with E-state index >= 15 is 0 Å². The molecule has 0 spiro atoms. The van der Waals surface area contributed by atoms with Gasteiger partial charge in [-0.25, -0.2) is 0 Å². The van der Waals surface area contributed by atoms with Crippen LogP contribution < -0.4 is 10.6 Å². The maximum Gasteiger partial charge on any atom is 0.226 e. The predicted molar refractivity (Wildman–Crippen MR) is 118 cm³/mol. The van der Waals surface area contributed by atoms with Crippen LogP contribution in [-0.4, -0.2) is 17.9 Å². The van der Waals surface area contributed by atoms with Crippen LogP contribution in [0.25, 0.3) is 0 Å². The minimum absolute atomic E-state index is 0.119. The number of carbonyl (C=O) groups is 1. The van der Waals surface area contributed by atoms with E-state index < -0.39 is 6.17 Å². The van der Waals surface area contributed by atoms with Crippen molar-refractivity contribution >= 4 is 23.3 Å². The normalized spacial score (nSPS) is 12.8. The van der Waals surface area contributed by atoms with E-state index in [1.807, 2.05) is 70.3 Å². The number of hydrogen-bond donors (Lipinski definition) is 2. The minimum Gasteiger partial charge on any atom is -0.352 e. The van der Waals surface area contributed by atoms with Gasteiger partial charge in [-0.05, 0) is 35.7 Å². The van der Waals surface area contributed by atoms with Crippen LogP contribution in [0, 0.1) is 23.8 Å². The zero-order valence-corrected chi connectivity index (χ0v) is 18.0. The summed E-state index contributed by atoms with van der Waals surface area (Å²) in [6.07, 6.45) is 2.20. The van der Waals surface area contributed by atoms with E-state index in [4.69, 9.17) is 16.9 Å². The second kappa shape index (κ2) is 10.1. The van der Waals surface area contributed by atoms with Crippen LogP contribution in [0.1, 0.15) is 37.5 Å². The van der Waals surface area contributed by atoms with Crippen molar-refractivity contribution in [2.75, 3.05) is 0 Å². The first-order valence-corrected chi connectivity index (χ1v) is 9.87. The average molecular weight is 411 g/mol. The Bertz CT molecular complexity index is 908. The highest BCUT2D eigenvalue weighted by Gasteiger charge is 2.27. The summed E-state index contributed by atoms with van der Waals surface area (Å²) in [4.78, 5) is 16.6. The minimum atomic E-state index is -0.390. The lowest BCUT2D eigenvalue weighted by Gasteiger charge is -2.33. The highest BCUT2D eigenvalue weighted by molar-refractivity contribution is 6.30. The Morgan fingerprint density at radius 2 is 1.76 bits per heavy atom. The van der Waals surface area contributed by atoms with E-state index in [0.29, 0.717) is 17.3 Å². The number of amidine groups is 1. The number of nitrogens with zero attached hydrogens (tertiary/aromatic N) is 2. The molecule has 0 aliphatic rings. The van der Waals surface area contributed by atoms with Crippen molar-refractivity contribution in [3.8, 4) is 6.19 Å². The fraction of sp³-hybridized carbons (Fsp3) is 0.348. The molecule has 2 aromatic rings. The number of aliphatic imine (C=N–C) groups is 1. The van der Waals surface area contributed by atoms with Gasteiger partial charge < -0.3 is 10.6 Å². The predicted octanol–water partition coefficient (Wildman–Crippen LogP) is 4.39. The van der Waals surface area contributed by atoms with Crippen LogP contribution in [0.15, 0.2) is 53.5 Å². The van der Waals surface area contributed by atoms with Gasteiger partial charge in [0.25, 0.3) is 0 Å². The van der Waals surface area contributed by atoms with Crippen LogP contribution in [0.4, 0.5) is 0 Å². The van der Waals surface area contributed by atoms with Crippen molar-refractivity contribution in [2.45, 2.75) is 46.7 Å². The number of halogens is 1. The average Bonchev–Trinajstić information content (AvgIpc) is 2.64. The van der Waals surface area contributed by atoms with Gasteiger partial charge in [-0.1, -0.05) is 68.8 Å². The molecule has 0 aliphatic heterocycles. The lowest BCUT2D eigenvalue weighted by atomic mass is 9.91. The number of nitriles is 1.